The minimum absolute atomic E-state index is 0. The maximum Gasteiger partial charge on any atom is 0.135 e. The first-order valence-corrected chi connectivity index (χ1v) is 24.5. The summed E-state index contributed by atoms with van der Waals surface area (Å²) in [6, 6.07) is 37.9. The van der Waals surface area contributed by atoms with Gasteiger partial charge in [-0.2, -0.15) is 12.1 Å². The van der Waals surface area contributed by atoms with Crippen LogP contribution in [0.15, 0.2) is 206 Å². The first-order valence-electron chi connectivity index (χ1n) is 32.5. The third kappa shape index (κ3) is 8.55. The SMILES string of the molecule is [2H]c1c([2H])c([2H])c(-c2cnc(-n3c4[c-]c(Oc5[c-]c(N6[CH-]N(c7cc(C(C)(C)C)cc(C(C)(C)C)c7)c7ccccc76)ccc5)ccc4c4cc(-c5cccc(-n6c7c([2H])c([2H])c([2H])c([2H])c7c7c([2H])c([2H])c([2H])c([2H])c76)c5)ccc43)cc2C([2H])([2H])[2H])c([2H])c1[2H].[Pt]. The van der Waals surface area contributed by atoms with Crippen molar-refractivity contribution < 1.29 is 47.7 Å². The zero-order valence-corrected chi connectivity index (χ0v) is 44.4. The van der Waals surface area contributed by atoms with Gasteiger partial charge in [-0.05, 0) is 117 Å². The summed E-state index contributed by atoms with van der Waals surface area (Å²) in [6.45, 7) is 12.5. The number of para-hydroxylation sites is 4. The smallest absolute Gasteiger partial charge is 0.135 e. The molecule has 0 fully saturated rings. The second-order valence-electron chi connectivity index (χ2n) is 20.7. The van der Waals surface area contributed by atoms with Gasteiger partial charge in [-0.15, -0.1) is 48.1 Å². The fraction of sp³-hybridized carbons (Fsp3) is 0.130. The van der Waals surface area contributed by atoms with E-state index in [1.165, 1.54) is 28.0 Å². The van der Waals surface area contributed by atoms with Crippen molar-refractivity contribution in [1.82, 2.24) is 14.1 Å². The van der Waals surface area contributed by atoms with Crippen LogP contribution in [0.25, 0.3) is 77.4 Å². The fourth-order valence-corrected chi connectivity index (χ4v) is 9.94. The molecule has 3 aromatic heterocycles. The quantitative estimate of drug-likeness (QED) is 0.142. The predicted octanol–water partition coefficient (Wildman–Crippen LogP) is 18.3. The number of hydrogen-bond donors (Lipinski definition) is 0. The number of ether oxygens (including phenoxy) is 1. The third-order valence-corrected chi connectivity index (χ3v) is 13.8. The van der Waals surface area contributed by atoms with Gasteiger partial charge < -0.3 is 23.7 Å². The van der Waals surface area contributed by atoms with Gasteiger partial charge in [0.05, 0.1) is 28.9 Å². The summed E-state index contributed by atoms with van der Waals surface area (Å²) in [5.74, 6) is 0.704. The van der Waals surface area contributed by atoms with E-state index in [-0.39, 0.29) is 82.0 Å². The van der Waals surface area contributed by atoms with Crippen LogP contribution in [0.5, 0.6) is 11.5 Å². The predicted molar refractivity (Wildman–Crippen MR) is 312 cm³/mol. The van der Waals surface area contributed by atoms with Crippen molar-refractivity contribution in [2.45, 2.75) is 59.2 Å². The Labute approximate surface area is 482 Å². The van der Waals surface area contributed by atoms with Crippen LogP contribution in [0, 0.1) is 25.7 Å². The number of benzene rings is 9. The Bertz CT molecular complexity index is 4970. The normalized spacial score (nSPS) is 15.9. The van der Waals surface area contributed by atoms with Gasteiger partial charge in [0, 0.05) is 87.5 Å². The molecule has 9 aromatic carbocycles. The van der Waals surface area contributed by atoms with Crippen molar-refractivity contribution in [3.8, 4) is 45.3 Å². The first-order chi connectivity index (χ1) is 42.9. The number of anilines is 4. The second-order valence-corrected chi connectivity index (χ2v) is 20.7. The van der Waals surface area contributed by atoms with E-state index in [0.717, 1.165) is 17.1 Å². The van der Waals surface area contributed by atoms with E-state index < -0.39 is 85.4 Å². The molecule has 0 aliphatic carbocycles. The monoisotopic (exact) mass is 1180 g/mol. The Morgan fingerprint density at radius 1 is 0.526 bits per heavy atom. The molecule has 0 unspecified atom stereocenters. The molecule has 76 heavy (non-hydrogen) atoms. The number of pyridine rings is 1. The molecule has 6 nitrogen and oxygen atoms in total. The molecule has 13 rings (SSSR count). The van der Waals surface area contributed by atoms with Crippen LogP contribution in [-0.4, -0.2) is 14.1 Å². The summed E-state index contributed by atoms with van der Waals surface area (Å²) in [6.07, 6.45) is 1.21. The minimum Gasteiger partial charge on any atom is -0.509 e. The topological polar surface area (TPSA) is 38.5 Å². The Morgan fingerprint density at radius 2 is 1.18 bits per heavy atom. The second kappa shape index (κ2) is 18.9. The van der Waals surface area contributed by atoms with Crippen LogP contribution in [-0.2, 0) is 31.9 Å². The summed E-state index contributed by atoms with van der Waals surface area (Å²) in [5.41, 5.74) is 7.46. The zero-order chi connectivity index (χ0) is 65.0. The molecule has 0 saturated heterocycles. The summed E-state index contributed by atoms with van der Waals surface area (Å²) in [4.78, 5) is 9.05. The molecule has 1 aliphatic rings. The van der Waals surface area contributed by atoms with Gasteiger partial charge in [0.25, 0.3) is 0 Å². The van der Waals surface area contributed by atoms with E-state index in [1.807, 2.05) is 54.6 Å². The van der Waals surface area contributed by atoms with Gasteiger partial charge in [-0.1, -0.05) is 156 Å². The number of fused-ring (bicyclic) bond motifs is 7. The Morgan fingerprint density at radius 3 is 1.89 bits per heavy atom. The minimum atomic E-state index is -2.89. The van der Waals surface area contributed by atoms with Crippen LogP contribution in [0.1, 0.15) is 80.2 Å². The Hall–Kier alpha value is -8.18. The zero-order valence-electron chi connectivity index (χ0n) is 58.2. The molecule has 1 aliphatic heterocycles. The van der Waals surface area contributed by atoms with Crippen molar-refractivity contribution in [2.75, 3.05) is 9.80 Å². The Balaban J connectivity index is 0.00000816. The molecule has 12 aromatic rings. The summed E-state index contributed by atoms with van der Waals surface area (Å²) >= 11 is 0. The van der Waals surface area contributed by atoms with Crippen LogP contribution in [0.3, 0.4) is 0 Å². The van der Waals surface area contributed by atoms with Crippen LogP contribution < -0.4 is 14.5 Å². The number of nitrogens with zero attached hydrogens (tertiary/aromatic N) is 5. The molecule has 376 valence electrons. The van der Waals surface area contributed by atoms with E-state index in [0.29, 0.717) is 50.1 Å². The maximum absolute atomic E-state index is 9.10. The first kappa shape index (κ1) is 33.7. The average Bonchev–Trinajstić information content (AvgIpc) is 1.54. The molecule has 0 bridgehead atoms. The van der Waals surface area contributed by atoms with E-state index in [9.17, 15) is 0 Å². The third-order valence-electron chi connectivity index (χ3n) is 13.8. The van der Waals surface area contributed by atoms with Gasteiger partial charge in [0.1, 0.15) is 5.82 Å². The maximum atomic E-state index is 9.10. The van der Waals surface area contributed by atoms with Gasteiger partial charge in [0.2, 0.25) is 0 Å². The van der Waals surface area contributed by atoms with Crippen molar-refractivity contribution in [3.63, 3.8) is 0 Å². The van der Waals surface area contributed by atoms with Crippen molar-refractivity contribution in [2.24, 2.45) is 0 Å². The van der Waals surface area contributed by atoms with Crippen molar-refractivity contribution in [1.29, 1.82) is 0 Å². The van der Waals surface area contributed by atoms with Crippen molar-refractivity contribution >= 4 is 66.4 Å². The molecular weight excluding hydrogens is 1110 g/mol. The van der Waals surface area contributed by atoms with E-state index in [4.69, 9.17) is 31.7 Å². The van der Waals surface area contributed by atoms with Crippen molar-refractivity contribution in [3.05, 3.63) is 242 Å². The number of rotatable bonds is 8. The molecule has 7 heteroatoms. The molecule has 0 saturated carbocycles. The molecular formula is C69H56N5OPt-3. The molecule has 4 heterocycles. The average molecular weight is 1180 g/mol. The van der Waals surface area contributed by atoms with E-state index in [1.54, 1.807) is 34.9 Å². The number of aromatic nitrogens is 3. The molecule has 0 spiro atoms. The van der Waals surface area contributed by atoms with Gasteiger partial charge in [-0.3, -0.25) is 0 Å². The molecule has 0 radical (unpaired) electrons. The molecule has 0 N–H and O–H groups in total. The van der Waals surface area contributed by atoms with Gasteiger partial charge in [0.15, 0.2) is 0 Å². The Kier molecular flexibility index (Phi) is 8.37. The van der Waals surface area contributed by atoms with E-state index in [2.05, 4.69) is 100 Å². The summed E-state index contributed by atoms with van der Waals surface area (Å²) in [5, 5.41) is 1.15. The largest absolute Gasteiger partial charge is 0.509 e. The summed E-state index contributed by atoms with van der Waals surface area (Å²) in [7, 11) is 0. The molecule has 0 atom stereocenters. The van der Waals surface area contributed by atoms with Crippen LogP contribution in [0.4, 0.5) is 22.7 Å². The van der Waals surface area contributed by atoms with Crippen LogP contribution >= 0.6 is 0 Å². The van der Waals surface area contributed by atoms with Crippen LogP contribution in [0.2, 0.25) is 0 Å². The molecule has 0 amide bonds. The van der Waals surface area contributed by atoms with E-state index >= 15 is 0 Å². The standard InChI is InChI=1S/C69H56N5O.Pt/c1-45-35-67(70-43-60(45)46-19-9-8-10-20-46)74-63-34-31-48(47-21-17-23-52(36-47)73-61-27-13-11-25-56(61)57-26-12-14-28-62(57)73)37-59(63)58-33-32-55(42-66(58)74)75-54-24-18-22-51(41-54)71-44-72(65-30-16-15-29-64(65)71)53-39-49(68(2,3)4)38-50(40-53)69(5,6)7;/h8-40,43-44H,1-7H3;/q-3;/i1D3,8D,9D,10D,11D,12D,13D,14D,19D,20D,25D,26D,27D,28D;. The number of hydrogen-bond acceptors (Lipinski definition) is 4. The fourth-order valence-electron chi connectivity index (χ4n) is 9.94. The van der Waals surface area contributed by atoms with Gasteiger partial charge >= 0.3 is 0 Å². The summed E-state index contributed by atoms with van der Waals surface area (Å²) < 4.78 is 149. The number of aryl methyl sites for hydroxylation is 1. The van der Waals surface area contributed by atoms with Gasteiger partial charge in [-0.25, -0.2) is 4.98 Å².